The second kappa shape index (κ2) is 6.91. The maximum absolute atomic E-state index is 11.5. The molecule has 0 aliphatic carbocycles. The van der Waals surface area contributed by atoms with E-state index in [0.717, 1.165) is 10.0 Å². The molecule has 106 valence electrons. The van der Waals surface area contributed by atoms with E-state index in [1.54, 1.807) is 19.1 Å². The monoisotopic (exact) mass is 345 g/mol. The Labute approximate surface area is 130 Å². The van der Waals surface area contributed by atoms with Gasteiger partial charge in [-0.25, -0.2) is 4.79 Å². The first-order valence-corrected chi connectivity index (χ1v) is 7.08. The number of hydrogen-bond acceptors (Lipinski definition) is 4. The third kappa shape index (κ3) is 3.61. The van der Waals surface area contributed by atoms with E-state index in [9.17, 15) is 4.79 Å². The summed E-state index contributed by atoms with van der Waals surface area (Å²) < 4.78 is 11.3. The number of carbonyl (C=O) groups excluding carboxylic acids is 1. The first-order valence-electron chi connectivity index (χ1n) is 6.29. The quantitative estimate of drug-likeness (QED) is 0.473. The summed E-state index contributed by atoms with van der Waals surface area (Å²) >= 11 is 3.45. The number of carbonyl (C=O) groups is 1. The molecule has 0 atom stereocenters. The third-order valence-electron chi connectivity index (χ3n) is 2.67. The first kappa shape index (κ1) is 15.1. The largest absolute Gasteiger partial charge is 0.462 e. The molecule has 0 saturated carbocycles. The summed E-state index contributed by atoms with van der Waals surface area (Å²) in [5, 5.41) is 8.98. The van der Waals surface area contributed by atoms with Crippen LogP contribution in [0.25, 0.3) is 17.4 Å². The Morgan fingerprint density at radius 3 is 2.81 bits per heavy atom. The van der Waals surface area contributed by atoms with Crippen LogP contribution < -0.4 is 0 Å². The van der Waals surface area contributed by atoms with Gasteiger partial charge in [0.05, 0.1) is 6.61 Å². The molecule has 0 unspecified atom stereocenters. The van der Waals surface area contributed by atoms with Gasteiger partial charge in [0.2, 0.25) is 0 Å². The highest BCUT2D eigenvalue weighted by Crippen LogP contribution is 2.29. The van der Waals surface area contributed by atoms with Crippen molar-refractivity contribution in [2.45, 2.75) is 6.92 Å². The predicted octanol–water partition coefficient (Wildman–Crippen LogP) is 4.18. The van der Waals surface area contributed by atoms with Gasteiger partial charge >= 0.3 is 5.97 Å². The predicted molar refractivity (Wildman–Crippen MR) is 82.1 cm³/mol. The van der Waals surface area contributed by atoms with Crippen molar-refractivity contribution in [3.05, 3.63) is 52.2 Å². The van der Waals surface area contributed by atoms with E-state index in [2.05, 4.69) is 15.9 Å². The van der Waals surface area contributed by atoms with Crippen LogP contribution in [0, 0.1) is 11.3 Å². The molecular weight excluding hydrogens is 334 g/mol. The molecule has 0 aliphatic heterocycles. The van der Waals surface area contributed by atoms with Gasteiger partial charge in [-0.3, -0.25) is 0 Å². The van der Waals surface area contributed by atoms with Crippen LogP contribution in [0.5, 0.6) is 0 Å². The Morgan fingerprint density at radius 2 is 2.14 bits per heavy atom. The maximum atomic E-state index is 11.5. The molecule has 0 fully saturated rings. The van der Waals surface area contributed by atoms with Crippen molar-refractivity contribution in [2.75, 3.05) is 6.61 Å². The Kier molecular flexibility index (Phi) is 4.96. The number of nitrogens with zero attached hydrogens (tertiary/aromatic N) is 1. The molecular formula is C16H12BrNO3. The fraction of sp³-hybridized carbons (Fsp3) is 0.125. The Morgan fingerprint density at radius 1 is 1.38 bits per heavy atom. The minimum absolute atomic E-state index is 0.0927. The number of esters is 1. The molecule has 0 N–H and O–H groups in total. The van der Waals surface area contributed by atoms with E-state index in [0.29, 0.717) is 11.5 Å². The van der Waals surface area contributed by atoms with Crippen LogP contribution in [-0.2, 0) is 9.53 Å². The molecule has 1 aromatic heterocycles. The van der Waals surface area contributed by atoms with E-state index in [1.165, 1.54) is 6.08 Å². The van der Waals surface area contributed by atoms with Crippen LogP contribution in [-0.4, -0.2) is 12.6 Å². The number of hydrogen-bond donors (Lipinski definition) is 0. The van der Waals surface area contributed by atoms with Gasteiger partial charge in [-0.2, -0.15) is 5.26 Å². The highest BCUT2D eigenvalue weighted by Gasteiger charge is 2.12. The Bertz CT molecular complexity index is 725. The summed E-state index contributed by atoms with van der Waals surface area (Å²) in [6.07, 6.45) is 1.37. The number of halogens is 1. The molecule has 0 aliphatic rings. The van der Waals surface area contributed by atoms with Crippen molar-refractivity contribution in [1.82, 2.24) is 0 Å². The van der Waals surface area contributed by atoms with Crippen molar-refractivity contribution >= 4 is 28.0 Å². The number of ether oxygens (including phenoxy) is 1. The zero-order valence-electron chi connectivity index (χ0n) is 11.3. The van der Waals surface area contributed by atoms with Crippen molar-refractivity contribution in [3.63, 3.8) is 0 Å². The minimum atomic E-state index is -0.654. The maximum Gasteiger partial charge on any atom is 0.349 e. The van der Waals surface area contributed by atoms with E-state index in [1.807, 2.05) is 30.3 Å². The van der Waals surface area contributed by atoms with Crippen molar-refractivity contribution in [2.24, 2.45) is 0 Å². The molecule has 0 saturated heterocycles. The zero-order valence-corrected chi connectivity index (χ0v) is 12.9. The lowest BCUT2D eigenvalue weighted by atomic mass is 10.2. The number of nitriles is 1. The summed E-state index contributed by atoms with van der Waals surface area (Å²) in [5.74, 6) is 0.416. The SMILES string of the molecule is CCOC(=O)/C(C#N)=C\c1ccc(-c2ccccc2Br)o1. The molecule has 4 nitrogen and oxygen atoms in total. The van der Waals surface area contributed by atoms with Gasteiger partial charge < -0.3 is 9.15 Å². The summed E-state index contributed by atoms with van der Waals surface area (Å²) in [7, 11) is 0. The van der Waals surface area contributed by atoms with Gasteiger partial charge in [0.25, 0.3) is 0 Å². The average molecular weight is 346 g/mol. The van der Waals surface area contributed by atoms with Gasteiger partial charge in [0.1, 0.15) is 23.2 Å². The van der Waals surface area contributed by atoms with E-state index >= 15 is 0 Å². The first-order chi connectivity index (χ1) is 10.2. The van der Waals surface area contributed by atoms with Crippen molar-refractivity contribution < 1.29 is 13.9 Å². The molecule has 0 amide bonds. The van der Waals surface area contributed by atoms with Crippen molar-refractivity contribution in [1.29, 1.82) is 5.26 Å². The Hall–Kier alpha value is -2.32. The van der Waals surface area contributed by atoms with Gasteiger partial charge in [0, 0.05) is 16.1 Å². The molecule has 0 spiro atoms. The van der Waals surface area contributed by atoms with Gasteiger partial charge in [0.15, 0.2) is 0 Å². The fourth-order valence-electron chi connectivity index (χ4n) is 1.72. The van der Waals surface area contributed by atoms with Gasteiger partial charge in [-0.15, -0.1) is 0 Å². The minimum Gasteiger partial charge on any atom is -0.462 e. The molecule has 1 heterocycles. The van der Waals surface area contributed by atoms with E-state index in [4.69, 9.17) is 14.4 Å². The zero-order chi connectivity index (χ0) is 15.2. The summed E-state index contributed by atoms with van der Waals surface area (Å²) in [4.78, 5) is 11.5. The average Bonchev–Trinajstić information content (AvgIpc) is 2.93. The summed E-state index contributed by atoms with van der Waals surface area (Å²) in [6, 6.07) is 12.9. The normalized spacial score (nSPS) is 11.0. The number of benzene rings is 1. The third-order valence-corrected chi connectivity index (χ3v) is 3.36. The summed E-state index contributed by atoms with van der Waals surface area (Å²) in [5.41, 5.74) is 0.802. The molecule has 2 aromatic rings. The molecule has 5 heteroatoms. The number of rotatable bonds is 4. The van der Waals surface area contributed by atoms with Crippen molar-refractivity contribution in [3.8, 4) is 17.4 Å². The Balaban J connectivity index is 2.30. The highest BCUT2D eigenvalue weighted by atomic mass is 79.9. The smallest absolute Gasteiger partial charge is 0.349 e. The molecule has 0 bridgehead atoms. The highest BCUT2D eigenvalue weighted by molar-refractivity contribution is 9.10. The van der Waals surface area contributed by atoms with Crippen LogP contribution in [0.1, 0.15) is 12.7 Å². The lowest BCUT2D eigenvalue weighted by molar-refractivity contribution is -0.137. The van der Waals surface area contributed by atoms with Crippen LogP contribution in [0.3, 0.4) is 0 Å². The topological polar surface area (TPSA) is 63.2 Å². The molecule has 2 rings (SSSR count). The molecule has 21 heavy (non-hydrogen) atoms. The lowest BCUT2D eigenvalue weighted by Gasteiger charge is -2.00. The van der Waals surface area contributed by atoms with Crippen LogP contribution in [0.15, 0.2) is 50.9 Å². The second-order valence-electron chi connectivity index (χ2n) is 4.07. The van der Waals surface area contributed by atoms with Gasteiger partial charge in [-0.1, -0.05) is 34.1 Å². The van der Waals surface area contributed by atoms with Crippen LogP contribution >= 0.6 is 15.9 Å². The second-order valence-corrected chi connectivity index (χ2v) is 4.93. The summed E-state index contributed by atoms with van der Waals surface area (Å²) in [6.45, 7) is 1.91. The van der Waals surface area contributed by atoms with Crippen LogP contribution in [0.4, 0.5) is 0 Å². The fourth-order valence-corrected chi connectivity index (χ4v) is 2.20. The van der Waals surface area contributed by atoms with E-state index in [-0.39, 0.29) is 12.2 Å². The molecule has 0 radical (unpaired) electrons. The lowest BCUT2D eigenvalue weighted by Crippen LogP contribution is -2.05. The van der Waals surface area contributed by atoms with Crippen LogP contribution in [0.2, 0.25) is 0 Å². The number of furan rings is 1. The van der Waals surface area contributed by atoms with Gasteiger partial charge in [-0.05, 0) is 25.1 Å². The molecule has 1 aromatic carbocycles. The standard InChI is InChI=1S/C16H12BrNO3/c1-2-20-16(19)11(10-18)9-12-7-8-15(21-12)13-5-3-4-6-14(13)17/h3-9H,2H2,1H3/b11-9-. The van der Waals surface area contributed by atoms with E-state index < -0.39 is 5.97 Å².